The summed E-state index contributed by atoms with van der Waals surface area (Å²) in [6.45, 7) is 0. The maximum atomic E-state index is 12.6. The van der Waals surface area contributed by atoms with Crippen molar-refractivity contribution < 1.29 is 21.8 Å². The monoisotopic (exact) mass is 509 g/mol. The third-order valence-corrected chi connectivity index (χ3v) is 7.16. The number of pyridine rings is 1. The second-order valence-corrected chi connectivity index (χ2v) is 9.76. The summed E-state index contributed by atoms with van der Waals surface area (Å²) in [5, 5.41) is 3.96. The molecule has 182 valence electrons. The molecule has 0 aliphatic carbocycles. The van der Waals surface area contributed by atoms with E-state index in [4.69, 9.17) is 8.60 Å². The van der Waals surface area contributed by atoms with Crippen molar-refractivity contribution in [3.05, 3.63) is 97.4 Å². The fourth-order valence-corrected chi connectivity index (χ4v) is 5.26. The molecule has 6 rings (SSSR count). The van der Waals surface area contributed by atoms with Crippen LogP contribution in [0.3, 0.4) is 0 Å². The zero-order valence-electron chi connectivity index (χ0n) is 19.2. The van der Waals surface area contributed by atoms with Gasteiger partial charge in [0.05, 0.1) is 6.26 Å². The average Bonchev–Trinajstić information content (AvgIpc) is 3.58. The van der Waals surface area contributed by atoms with Crippen molar-refractivity contribution >= 4 is 44.2 Å². The van der Waals surface area contributed by atoms with E-state index in [1.165, 1.54) is 18.4 Å². The van der Waals surface area contributed by atoms with Gasteiger partial charge in [0.2, 0.25) is 6.41 Å². The first-order valence-electron chi connectivity index (χ1n) is 11.3. The Bertz CT molecular complexity index is 1840. The molecule has 9 heteroatoms. The fraction of sp³-hybridized carbons (Fsp3) is 0. The molecular formula is C28H19N3O5S. The number of aromatic amines is 1. The molecule has 0 bridgehead atoms. The van der Waals surface area contributed by atoms with Gasteiger partial charge >= 0.3 is 10.1 Å². The van der Waals surface area contributed by atoms with E-state index in [1.807, 2.05) is 54.6 Å². The maximum absolute atomic E-state index is 12.6. The maximum Gasteiger partial charge on any atom is 0.373 e. The number of amides is 1. The molecule has 37 heavy (non-hydrogen) atoms. The first-order chi connectivity index (χ1) is 18.0. The van der Waals surface area contributed by atoms with E-state index in [0.717, 1.165) is 38.5 Å². The van der Waals surface area contributed by atoms with Crippen LogP contribution < -0.4 is 9.50 Å². The molecule has 8 nitrogen and oxygen atoms in total. The minimum atomic E-state index is -4.12. The van der Waals surface area contributed by atoms with E-state index in [2.05, 4.69) is 15.3 Å². The van der Waals surface area contributed by atoms with Crippen LogP contribution in [0.15, 0.2) is 107 Å². The van der Waals surface area contributed by atoms with Crippen molar-refractivity contribution in [3.8, 4) is 28.0 Å². The van der Waals surface area contributed by atoms with Crippen molar-refractivity contribution in [2.24, 2.45) is 0 Å². The van der Waals surface area contributed by atoms with Gasteiger partial charge in [0.1, 0.15) is 11.4 Å². The fourth-order valence-electron chi connectivity index (χ4n) is 4.40. The zero-order valence-corrected chi connectivity index (χ0v) is 20.0. The lowest BCUT2D eigenvalue weighted by molar-refractivity contribution is -0.105. The Hall–Kier alpha value is -4.89. The standard InChI is InChI=1S/C28H19N3O5S/c32-17-30-20-10-8-18(9-11-20)23-16-29-28-27(26(23)19-5-2-1-3-6-19)22-15-21(12-13-24(22)31-28)36-37(33,34)25-7-4-14-35-25/h1-17H,(H,29,31)(H,30,32). The Kier molecular flexibility index (Phi) is 5.46. The van der Waals surface area contributed by atoms with Crippen LogP contribution in [0.1, 0.15) is 0 Å². The van der Waals surface area contributed by atoms with Gasteiger partial charge in [-0.15, -0.1) is 0 Å². The highest BCUT2D eigenvalue weighted by Crippen LogP contribution is 2.41. The highest BCUT2D eigenvalue weighted by atomic mass is 32.2. The van der Waals surface area contributed by atoms with E-state index < -0.39 is 10.1 Å². The van der Waals surface area contributed by atoms with E-state index in [9.17, 15) is 13.2 Å². The quantitative estimate of drug-likeness (QED) is 0.202. The van der Waals surface area contributed by atoms with Gasteiger partial charge in [-0.1, -0.05) is 42.5 Å². The molecule has 3 aromatic carbocycles. The van der Waals surface area contributed by atoms with Crippen LogP contribution in [0, 0.1) is 0 Å². The molecule has 6 aromatic rings. The third kappa shape index (κ3) is 4.11. The number of rotatable bonds is 7. The predicted molar refractivity (Wildman–Crippen MR) is 141 cm³/mol. The molecule has 0 saturated carbocycles. The normalized spacial score (nSPS) is 11.6. The van der Waals surface area contributed by atoms with Crippen molar-refractivity contribution in [2.45, 2.75) is 5.09 Å². The first-order valence-corrected chi connectivity index (χ1v) is 12.7. The van der Waals surface area contributed by atoms with Crippen LogP contribution in [0.2, 0.25) is 0 Å². The second-order valence-electron chi connectivity index (χ2n) is 8.28. The van der Waals surface area contributed by atoms with Crippen molar-refractivity contribution in [1.29, 1.82) is 0 Å². The number of benzene rings is 3. The summed E-state index contributed by atoms with van der Waals surface area (Å²) in [5.41, 5.74) is 5.81. The average molecular weight is 510 g/mol. The number of aromatic nitrogens is 2. The number of carbonyl (C=O) groups is 1. The highest BCUT2D eigenvalue weighted by molar-refractivity contribution is 7.87. The Morgan fingerprint density at radius 3 is 2.46 bits per heavy atom. The summed E-state index contributed by atoms with van der Waals surface area (Å²) in [4.78, 5) is 18.8. The van der Waals surface area contributed by atoms with E-state index in [-0.39, 0.29) is 10.8 Å². The van der Waals surface area contributed by atoms with Crippen LogP contribution in [-0.2, 0) is 14.9 Å². The largest absolute Gasteiger partial charge is 0.450 e. The molecule has 2 N–H and O–H groups in total. The SMILES string of the molecule is O=CNc1ccc(-c2cnc3[nH]c4ccc(OS(=O)(=O)c5ccco5)cc4c3c2-c2ccccc2)cc1. The molecule has 0 spiro atoms. The molecule has 0 fully saturated rings. The number of nitrogens with zero attached hydrogens (tertiary/aromatic N) is 1. The van der Waals surface area contributed by atoms with Gasteiger partial charge in [0.25, 0.3) is 5.09 Å². The van der Waals surface area contributed by atoms with Crippen LogP contribution in [0.5, 0.6) is 5.75 Å². The number of nitrogens with one attached hydrogen (secondary N) is 2. The van der Waals surface area contributed by atoms with E-state index in [1.54, 1.807) is 24.4 Å². The lowest BCUT2D eigenvalue weighted by Crippen LogP contribution is -2.08. The van der Waals surface area contributed by atoms with E-state index in [0.29, 0.717) is 17.7 Å². The van der Waals surface area contributed by atoms with Crippen molar-refractivity contribution in [2.75, 3.05) is 5.32 Å². The molecule has 1 amide bonds. The van der Waals surface area contributed by atoms with Gasteiger partial charge < -0.3 is 18.9 Å². The topological polar surface area (TPSA) is 114 Å². The number of fused-ring (bicyclic) bond motifs is 3. The molecule has 3 heterocycles. The zero-order chi connectivity index (χ0) is 25.4. The minimum Gasteiger partial charge on any atom is -0.450 e. The second kappa shape index (κ2) is 8.96. The van der Waals surface area contributed by atoms with Gasteiger partial charge in [-0.25, -0.2) is 4.98 Å². The van der Waals surface area contributed by atoms with Crippen LogP contribution >= 0.6 is 0 Å². The van der Waals surface area contributed by atoms with Crippen LogP contribution in [0.4, 0.5) is 5.69 Å². The first kappa shape index (κ1) is 22.6. The number of furan rings is 1. The number of H-pyrrole nitrogens is 1. The molecular weight excluding hydrogens is 490 g/mol. The third-order valence-electron chi connectivity index (χ3n) is 6.02. The van der Waals surface area contributed by atoms with Crippen molar-refractivity contribution in [1.82, 2.24) is 9.97 Å². The number of hydrogen-bond acceptors (Lipinski definition) is 6. The minimum absolute atomic E-state index is 0.151. The Morgan fingerprint density at radius 1 is 0.919 bits per heavy atom. The summed E-state index contributed by atoms with van der Waals surface area (Å²) >= 11 is 0. The van der Waals surface area contributed by atoms with Crippen LogP contribution in [-0.4, -0.2) is 24.8 Å². The Balaban J connectivity index is 1.57. The van der Waals surface area contributed by atoms with Gasteiger partial charge in [-0.2, -0.15) is 8.42 Å². The lowest BCUT2D eigenvalue weighted by Gasteiger charge is -2.13. The summed E-state index contributed by atoms with van der Waals surface area (Å²) < 4.78 is 35.7. The highest BCUT2D eigenvalue weighted by Gasteiger charge is 2.22. The summed E-state index contributed by atoms with van der Waals surface area (Å²) in [6, 6.07) is 25.2. The van der Waals surface area contributed by atoms with E-state index >= 15 is 0 Å². The molecule has 0 radical (unpaired) electrons. The molecule has 0 unspecified atom stereocenters. The number of anilines is 1. The molecule has 0 saturated heterocycles. The summed E-state index contributed by atoms with van der Waals surface area (Å²) in [7, 11) is -4.12. The predicted octanol–water partition coefficient (Wildman–Crippen LogP) is 5.98. The lowest BCUT2D eigenvalue weighted by atomic mass is 9.92. The Morgan fingerprint density at radius 2 is 1.73 bits per heavy atom. The Labute approximate surface area is 211 Å². The molecule has 0 atom stereocenters. The number of hydrogen-bond donors (Lipinski definition) is 2. The molecule has 0 aliphatic heterocycles. The van der Waals surface area contributed by atoms with Gasteiger partial charge in [-0.3, -0.25) is 4.79 Å². The van der Waals surface area contributed by atoms with Crippen LogP contribution in [0.25, 0.3) is 44.2 Å². The van der Waals surface area contributed by atoms with Gasteiger partial charge in [-0.05, 0) is 53.6 Å². The smallest absolute Gasteiger partial charge is 0.373 e. The molecule has 0 aliphatic rings. The van der Waals surface area contributed by atoms with Crippen molar-refractivity contribution in [3.63, 3.8) is 0 Å². The number of carbonyl (C=O) groups excluding carboxylic acids is 1. The van der Waals surface area contributed by atoms with Gasteiger partial charge in [0.15, 0.2) is 0 Å². The molecule has 3 aromatic heterocycles. The van der Waals surface area contributed by atoms with Gasteiger partial charge in [0, 0.05) is 39.3 Å². The summed E-state index contributed by atoms with van der Waals surface area (Å²) in [6.07, 6.45) is 3.72. The summed E-state index contributed by atoms with van der Waals surface area (Å²) in [5.74, 6) is 0.151.